The van der Waals surface area contributed by atoms with Crippen LogP contribution >= 0.6 is 0 Å². The normalized spacial score (nSPS) is 23.0. The lowest BCUT2D eigenvalue weighted by atomic mass is 9.88. The van der Waals surface area contributed by atoms with Crippen molar-refractivity contribution >= 4 is 0 Å². The van der Waals surface area contributed by atoms with E-state index in [1.807, 2.05) is 19.1 Å². The van der Waals surface area contributed by atoms with Crippen LogP contribution in [-0.2, 0) is 4.74 Å². The van der Waals surface area contributed by atoms with Crippen LogP contribution in [0.15, 0.2) is 24.3 Å². The molecule has 2 atom stereocenters. The summed E-state index contributed by atoms with van der Waals surface area (Å²) in [6, 6.07) is 8.38. The third-order valence-corrected chi connectivity index (χ3v) is 3.86. The molecule has 3 nitrogen and oxygen atoms in total. The Kier molecular flexibility index (Phi) is 5.65. The van der Waals surface area contributed by atoms with Crippen molar-refractivity contribution in [2.75, 3.05) is 19.8 Å². The second-order valence-electron chi connectivity index (χ2n) is 6.83. The van der Waals surface area contributed by atoms with Gasteiger partial charge in [-0.1, -0.05) is 12.1 Å². The molecule has 1 aromatic carbocycles. The van der Waals surface area contributed by atoms with Gasteiger partial charge in [0.25, 0.3) is 0 Å². The summed E-state index contributed by atoms with van der Waals surface area (Å²) >= 11 is 0. The molecule has 3 heteroatoms. The van der Waals surface area contributed by atoms with Crippen LogP contribution in [0.2, 0.25) is 0 Å². The number of hydrogen-bond acceptors (Lipinski definition) is 3. The second kappa shape index (κ2) is 7.28. The first-order chi connectivity index (χ1) is 9.99. The van der Waals surface area contributed by atoms with Gasteiger partial charge in [-0.3, -0.25) is 0 Å². The molecule has 21 heavy (non-hydrogen) atoms. The Hall–Kier alpha value is -1.06. The van der Waals surface area contributed by atoms with E-state index in [4.69, 9.17) is 9.47 Å². The van der Waals surface area contributed by atoms with Crippen LogP contribution in [0.25, 0.3) is 0 Å². The largest absolute Gasteiger partial charge is 0.494 e. The first kappa shape index (κ1) is 16.3. The minimum Gasteiger partial charge on any atom is -0.494 e. The minimum atomic E-state index is 0.154. The zero-order chi connectivity index (χ0) is 15.3. The molecular weight excluding hydrogens is 262 g/mol. The van der Waals surface area contributed by atoms with Crippen LogP contribution in [0, 0.1) is 5.92 Å². The van der Waals surface area contributed by atoms with Crippen molar-refractivity contribution in [2.45, 2.75) is 52.2 Å². The molecule has 0 aliphatic carbocycles. The summed E-state index contributed by atoms with van der Waals surface area (Å²) in [6.45, 7) is 11.2. The van der Waals surface area contributed by atoms with Gasteiger partial charge in [0.1, 0.15) is 5.75 Å². The van der Waals surface area contributed by atoms with E-state index in [1.165, 1.54) is 12.0 Å². The third-order valence-electron chi connectivity index (χ3n) is 3.86. The third kappa shape index (κ3) is 5.01. The van der Waals surface area contributed by atoms with Crippen molar-refractivity contribution < 1.29 is 9.47 Å². The van der Waals surface area contributed by atoms with Crippen LogP contribution in [0.3, 0.4) is 0 Å². The smallest absolute Gasteiger partial charge is 0.119 e. The summed E-state index contributed by atoms with van der Waals surface area (Å²) in [5.74, 6) is 1.47. The van der Waals surface area contributed by atoms with Gasteiger partial charge in [-0.25, -0.2) is 0 Å². The molecule has 1 fully saturated rings. The summed E-state index contributed by atoms with van der Waals surface area (Å²) < 4.78 is 11.6. The van der Waals surface area contributed by atoms with Gasteiger partial charge in [0, 0.05) is 24.6 Å². The Morgan fingerprint density at radius 2 is 1.95 bits per heavy atom. The summed E-state index contributed by atoms with van der Waals surface area (Å²) in [7, 11) is 0. The van der Waals surface area contributed by atoms with Gasteiger partial charge < -0.3 is 14.8 Å². The van der Waals surface area contributed by atoms with Crippen LogP contribution < -0.4 is 10.1 Å². The van der Waals surface area contributed by atoms with Crippen LogP contribution in [0.1, 0.15) is 52.2 Å². The van der Waals surface area contributed by atoms with E-state index in [2.05, 4.69) is 38.2 Å². The highest BCUT2D eigenvalue weighted by Crippen LogP contribution is 2.34. The van der Waals surface area contributed by atoms with E-state index >= 15 is 0 Å². The van der Waals surface area contributed by atoms with Gasteiger partial charge in [0.05, 0.1) is 12.7 Å². The molecule has 0 aromatic heterocycles. The summed E-state index contributed by atoms with van der Waals surface area (Å²) in [5, 5.41) is 3.62. The number of rotatable bonds is 5. The van der Waals surface area contributed by atoms with Crippen molar-refractivity contribution in [3.63, 3.8) is 0 Å². The van der Waals surface area contributed by atoms with E-state index < -0.39 is 0 Å². The molecule has 0 spiro atoms. The number of nitrogens with one attached hydrogen (secondary N) is 1. The quantitative estimate of drug-likeness (QED) is 0.891. The molecule has 0 bridgehead atoms. The van der Waals surface area contributed by atoms with Crippen molar-refractivity contribution in [3.05, 3.63) is 29.8 Å². The lowest BCUT2D eigenvalue weighted by molar-refractivity contribution is -0.0292. The SMILES string of the molecule is CCOc1ccc(C2OCCCC2CNC(C)(C)C)cc1. The van der Waals surface area contributed by atoms with E-state index in [-0.39, 0.29) is 11.6 Å². The maximum absolute atomic E-state index is 6.06. The Bertz CT molecular complexity index is 422. The first-order valence-electron chi connectivity index (χ1n) is 8.09. The summed E-state index contributed by atoms with van der Waals surface area (Å²) in [6.07, 6.45) is 2.58. The van der Waals surface area contributed by atoms with Crippen LogP contribution in [0.5, 0.6) is 5.75 Å². The number of ether oxygens (including phenoxy) is 2. The molecule has 118 valence electrons. The first-order valence-corrected chi connectivity index (χ1v) is 8.09. The maximum Gasteiger partial charge on any atom is 0.119 e. The lowest BCUT2D eigenvalue weighted by Crippen LogP contribution is -2.41. The van der Waals surface area contributed by atoms with E-state index in [0.717, 1.165) is 25.3 Å². The molecular formula is C18H29NO2. The van der Waals surface area contributed by atoms with Gasteiger partial charge in [-0.05, 0) is 58.2 Å². The molecule has 1 aromatic rings. The second-order valence-corrected chi connectivity index (χ2v) is 6.83. The molecule has 0 radical (unpaired) electrons. The molecule has 1 heterocycles. The summed E-state index contributed by atoms with van der Waals surface area (Å²) in [5.41, 5.74) is 1.42. The Balaban J connectivity index is 2.03. The van der Waals surface area contributed by atoms with E-state index in [9.17, 15) is 0 Å². The predicted molar refractivity (Wildman–Crippen MR) is 86.8 cm³/mol. The molecule has 1 aliphatic rings. The minimum absolute atomic E-state index is 0.154. The highest BCUT2D eigenvalue weighted by Gasteiger charge is 2.28. The highest BCUT2D eigenvalue weighted by molar-refractivity contribution is 5.29. The topological polar surface area (TPSA) is 30.5 Å². The molecule has 0 saturated carbocycles. The zero-order valence-corrected chi connectivity index (χ0v) is 13.8. The summed E-state index contributed by atoms with van der Waals surface area (Å²) in [4.78, 5) is 0. The standard InChI is InChI=1S/C18H29NO2/c1-5-20-16-10-8-14(9-11-16)17-15(7-6-12-21-17)13-19-18(2,3)4/h8-11,15,17,19H,5-7,12-13H2,1-4H3. The van der Waals surface area contributed by atoms with Gasteiger partial charge >= 0.3 is 0 Å². The van der Waals surface area contributed by atoms with Crippen LogP contribution in [0.4, 0.5) is 0 Å². The van der Waals surface area contributed by atoms with Crippen molar-refractivity contribution in [3.8, 4) is 5.75 Å². The van der Waals surface area contributed by atoms with E-state index in [1.54, 1.807) is 0 Å². The monoisotopic (exact) mass is 291 g/mol. The van der Waals surface area contributed by atoms with E-state index in [0.29, 0.717) is 12.5 Å². The fourth-order valence-electron chi connectivity index (χ4n) is 2.78. The van der Waals surface area contributed by atoms with Crippen molar-refractivity contribution in [1.29, 1.82) is 0 Å². The molecule has 2 rings (SSSR count). The Morgan fingerprint density at radius 3 is 2.57 bits per heavy atom. The number of hydrogen-bond donors (Lipinski definition) is 1. The molecule has 0 amide bonds. The van der Waals surface area contributed by atoms with Gasteiger partial charge in [0.15, 0.2) is 0 Å². The Morgan fingerprint density at radius 1 is 1.24 bits per heavy atom. The van der Waals surface area contributed by atoms with Crippen LogP contribution in [-0.4, -0.2) is 25.3 Å². The molecule has 1 saturated heterocycles. The molecule has 1 aliphatic heterocycles. The van der Waals surface area contributed by atoms with Gasteiger partial charge in [0.2, 0.25) is 0 Å². The van der Waals surface area contributed by atoms with Crippen molar-refractivity contribution in [2.24, 2.45) is 5.92 Å². The molecule has 1 N–H and O–H groups in total. The fraction of sp³-hybridized carbons (Fsp3) is 0.667. The number of benzene rings is 1. The predicted octanol–water partition coefficient (Wildman–Crippen LogP) is 3.94. The highest BCUT2D eigenvalue weighted by atomic mass is 16.5. The average molecular weight is 291 g/mol. The molecule has 2 unspecified atom stereocenters. The fourth-order valence-corrected chi connectivity index (χ4v) is 2.78. The Labute approximate surface area is 129 Å². The zero-order valence-electron chi connectivity index (χ0n) is 13.8. The lowest BCUT2D eigenvalue weighted by Gasteiger charge is -2.34. The van der Waals surface area contributed by atoms with Gasteiger partial charge in [-0.2, -0.15) is 0 Å². The van der Waals surface area contributed by atoms with Crippen molar-refractivity contribution in [1.82, 2.24) is 5.32 Å². The maximum atomic E-state index is 6.06. The van der Waals surface area contributed by atoms with Gasteiger partial charge in [-0.15, -0.1) is 0 Å². The average Bonchev–Trinajstić information content (AvgIpc) is 2.46.